The smallest absolute Gasteiger partial charge is 0.0873 e. The van der Waals surface area contributed by atoms with Crippen molar-refractivity contribution < 1.29 is 0 Å². The molecule has 1 aliphatic heterocycles. The van der Waals surface area contributed by atoms with Crippen LogP contribution in [0.3, 0.4) is 0 Å². The Balaban J connectivity index is 1.74. The van der Waals surface area contributed by atoms with Crippen molar-refractivity contribution in [1.82, 2.24) is 4.57 Å². The van der Waals surface area contributed by atoms with E-state index in [4.69, 9.17) is 0 Å². The first-order valence-corrected chi connectivity index (χ1v) is 10.5. The van der Waals surface area contributed by atoms with Gasteiger partial charge in [0.1, 0.15) is 0 Å². The fourth-order valence-electron chi connectivity index (χ4n) is 3.74. The average Bonchev–Trinajstić information content (AvgIpc) is 3.22. The average molecular weight is 374 g/mol. The molecule has 0 N–H and O–H groups in total. The number of thioether (sulfide) groups is 2. The molecular formula is C23H19NS2. The molecule has 0 aliphatic carbocycles. The molecule has 0 saturated heterocycles. The van der Waals surface area contributed by atoms with Gasteiger partial charge in [0.2, 0.25) is 0 Å². The third-order valence-corrected chi connectivity index (χ3v) is 7.85. The lowest BCUT2D eigenvalue weighted by molar-refractivity contribution is 0.972. The maximum absolute atomic E-state index is 2.36. The zero-order chi connectivity index (χ0) is 17.7. The van der Waals surface area contributed by atoms with E-state index in [9.17, 15) is 0 Å². The van der Waals surface area contributed by atoms with Crippen LogP contribution in [0.25, 0.3) is 22.2 Å². The molecule has 0 saturated carbocycles. The minimum absolute atomic E-state index is 0.384. The number of aromatic nitrogens is 1. The Morgan fingerprint density at radius 3 is 2.08 bits per heavy atom. The molecule has 0 amide bonds. The highest BCUT2D eigenvalue weighted by Crippen LogP contribution is 2.59. The molecule has 0 spiro atoms. The van der Waals surface area contributed by atoms with Crippen LogP contribution in [0.2, 0.25) is 0 Å². The van der Waals surface area contributed by atoms with Crippen molar-refractivity contribution in [1.29, 1.82) is 0 Å². The largest absolute Gasteiger partial charge is 0.343 e. The van der Waals surface area contributed by atoms with Gasteiger partial charge in [0.05, 0.1) is 10.3 Å². The van der Waals surface area contributed by atoms with E-state index in [-0.39, 0.29) is 0 Å². The van der Waals surface area contributed by atoms with Crippen LogP contribution in [0.4, 0.5) is 0 Å². The first-order valence-electron chi connectivity index (χ1n) is 8.79. The van der Waals surface area contributed by atoms with Crippen LogP contribution < -0.4 is 0 Å². The van der Waals surface area contributed by atoms with E-state index in [2.05, 4.69) is 91.3 Å². The van der Waals surface area contributed by atoms with Gasteiger partial charge in [-0.05, 0) is 30.7 Å². The normalized spacial score (nSPS) is 14.1. The molecule has 4 aromatic rings. The molecule has 3 aromatic carbocycles. The lowest BCUT2D eigenvalue weighted by atomic mass is 10.0. The zero-order valence-corrected chi connectivity index (χ0v) is 16.4. The van der Waals surface area contributed by atoms with Gasteiger partial charge in [-0.25, -0.2) is 0 Å². The highest BCUT2D eigenvalue weighted by molar-refractivity contribution is 8.19. The summed E-state index contributed by atoms with van der Waals surface area (Å²) < 4.78 is 2.74. The Morgan fingerprint density at radius 1 is 0.769 bits per heavy atom. The van der Waals surface area contributed by atoms with E-state index in [1.807, 2.05) is 23.5 Å². The fourth-order valence-corrected chi connectivity index (χ4v) is 6.70. The molecule has 5 rings (SSSR count). The summed E-state index contributed by atoms with van der Waals surface area (Å²) in [5.74, 6) is 0. The predicted molar refractivity (Wildman–Crippen MR) is 114 cm³/mol. The molecule has 1 aliphatic rings. The van der Waals surface area contributed by atoms with Gasteiger partial charge in [-0.3, -0.25) is 0 Å². The Hall–Kier alpha value is -2.10. The second kappa shape index (κ2) is 6.26. The van der Waals surface area contributed by atoms with Crippen molar-refractivity contribution in [3.8, 4) is 11.3 Å². The van der Waals surface area contributed by atoms with Crippen LogP contribution in [0, 0.1) is 6.92 Å². The number of rotatable bonds is 2. The lowest BCUT2D eigenvalue weighted by Crippen LogP contribution is -1.95. The standard InChI is InChI=1S/C23H19NS2/c1-15-11-13-16(14-12-15)22-21(17-7-3-4-8-18(17)24(22)2)23-25-19-9-5-6-10-20(19)26-23/h3-14,23H,1-2H3. The number of hydrogen-bond donors (Lipinski definition) is 0. The summed E-state index contributed by atoms with van der Waals surface area (Å²) in [6.45, 7) is 2.14. The van der Waals surface area contributed by atoms with E-state index in [1.54, 1.807) is 0 Å². The monoisotopic (exact) mass is 373 g/mol. The highest BCUT2D eigenvalue weighted by atomic mass is 32.2. The lowest BCUT2D eigenvalue weighted by Gasteiger charge is -2.13. The predicted octanol–water partition coefficient (Wildman–Crippen LogP) is 7.05. The van der Waals surface area contributed by atoms with E-state index in [0.29, 0.717) is 4.58 Å². The van der Waals surface area contributed by atoms with Gasteiger partial charge >= 0.3 is 0 Å². The molecular weight excluding hydrogens is 354 g/mol. The Kier molecular flexibility index (Phi) is 3.87. The van der Waals surface area contributed by atoms with Crippen LogP contribution in [0.15, 0.2) is 82.6 Å². The summed E-state index contributed by atoms with van der Waals surface area (Å²) in [6, 6.07) is 26.5. The SMILES string of the molecule is Cc1ccc(-c2c(C3Sc4ccccc4S3)c3ccccc3n2C)cc1. The third kappa shape index (κ3) is 2.50. The quantitative estimate of drug-likeness (QED) is 0.371. The Bertz CT molecular complexity index is 1080. The Labute approximate surface area is 162 Å². The minimum Gasteiger partial charge on any atom is -0.343 e. The van der Waals surface area contributed by atoms with Crippen LogP contribution in [0.5, 0.6) is 0 Å². The van der Waals surface area contributed by atoms with Gasteiger partial charge in [0.15, 0.2) is 0 Å². The molecule has 1 aromatic heterocycles. The van der Waals surface area contributed by atoms with E-state index in [1.165, 1.54) is 43.1 Å². The number of benzene rings is 3. The van der Waals surface area contributed by atoms with Gasteiger partial charge in [-0.2, -0.15) is 0 Å². The molecule has 2 heterocycles. The van der Waals surface area contributed by atoms with E-state index >= 15 is 0 Å². The van der Waals surface area contributed by atoms with Crippen molar-refractivity contribution in [2.24, 2.45) is 7.05 Å². The number of para-hydroxylation sites is 1. The van der Waals surface area contributed by atoms with Gasteiger partial charge < -0.3 is 4.57 Å². The fraction of sp³-hybridized carbons (Fsp3) is 0.130. The first kappa shape index (κ1) is 16.1. The summed E-state index contributed by atoms with van der Waals surface area (Å²) in [5, 5.41) is 1.36. The second-order valence-electron chi connectivity index (χ2n) is 6.72. The van der Waals surface area contributed by atoms with E-state index < -0.39 is 0 Å². The van der Waals surface area contributed by atoms with Crippen molar-refractivity contribution >= 4 is 34.4 Å². The molecule has 0 fully saturated rings. The molecule has 1 nitrogen and oxygen atoms in total. The maximum Gasteiger partial charge on any atom is 0.0873 e. The summed E-state index contributed by atoms with van der Waals surface area (Å²) in [7, 11) is 2.19. The minimum atomic E-state index is 0.384. The number of nitrogens with zero attached hydrogens (tertiary/aromatic N) is 1. The molecule has 26 heavy (non-hydrogen) atoms. The molecule has 128 valence electrons. The maximum atomic E-state index is 2.36. The second-order valence-corrected chi connectivity index (χ2v) is 9.31. The summed E-state index contributed by atoms with van der Waals surface area (Å²) in [6.07, 6.45) is 0. The summed E-state index contributed by atoms with van der Waals surface area (Å²) in [4.78, 5) is 2.79. The number of fused-ring (bicyclic) bond motifs is 2. The molecule has 0 unspecified atom stereocenters. The van der Waals surface area contributed by atoms with Gasteiger partial charge in [-0.15, -0.1) is 23.5 Å². The first-order chi connectivity index (χ1) is 12.7. The number of aryl methyl sites for hydroxylation is 2. The van der Waals surface area contributed by atoms with E-state index in [0.717, 1.165) is 0 Å². The van der Waals surface area contributed by atoms with Crippen LogP contribution in [0.1, 0.15) is 15.7 Å². The summed E-state index contributed by atoms with van der Waals surface area (Å²) in [5.41, 5.74) is 6.67. The van der Waals surface area contributed by atoms with Crippen LogP contribution in [-0.4, -0.2) is 4.57 Å². The molecule has 0 atom stereocenters. The highest BCUT2D eigenvalue weighted by Gasteiger charge is 2.30. The molecule has 0 bridgehead atoms. The molecule has 0 radical (unpaired) electrons. The summed E-state index contributed by atoms with van der Waals surface area (Å²) >= 11 is 3.96. The third-order valence-electron chi connectivity index (χ3n) is 5.02. The Morgan fingerprint density at radius 2 is 1.38 bits per heavy atom. The van der Waals surface area contributed by atoms with Crippen LogP contribution >= 0.6 is 23.5 Å². The molecule has 3 heteroatoms. The van der Waals surface area contributed by atoms with Crippen molar-refractivity contribution in [3.63, 3.8) is 0 Å². The van der Waals surface area contributed by atoms with Gasteiger partial charge in [-0.1, -0.05) is 60.2 Å². The van der Waals surface area contributed by atoms with Gasteiger partial charge in [0, 0.05) is 33.3 Å². The van der Waals surface area contributed by atoms with Crippen molar-refractivity contribution in [2.45, 2.75) is 21.3 Å². The van der Waals surface area contributed by atoms with Gasteiger partial charge in [0.25, 0.3) is 0 Å². The van der Waals surface area contributed by atoms with Crippen LogP contribution in [-0.2, 0) is 7.05 Å². The topological polar surface area (TPSA) is 4.93 Å². The van der Waals surface area contributed by atoms with Crippen molar-refractivity contribution in [3.05, 3.63) is 83.9 Å². The number of hydrogen-bond acceptors (Lipinski definition) is 2. The van der Waals surface area contributed by atoms with Crippen molar-refractivity contribution in [2.75, 3.05) is 0 Å². The zero-order valence-electron chi connectivity index (χ0n) is 14.8.